The van der Waals surface area contributed by atoms with Gasteiger partial charge in [-0.25, -0.2) is 0 Å². The molecule has 0 bridgehead atoms. The molecule has 0 aliphatic rings. The molecule has 0 heterocycles. The fraction of sp³-hybridized carbons (Fsp3) is 0.900. The van der Waals surface area contributed by atoms with E-state index in [1.54, 1.807) is 0 Å². The number of hydrogen-bond acceptors (Lipinski definition) is 1. The summed E-state index contributed by atoms with van der Waals surface area (Å²) in [5.74, 6) is 0. The molecule has 11 heavy (non-hydrogen) atoms. The second-order valence-electron chi connectivity index (χ2n) is 2.93. The fourth-order valence-corrected chi connectivity index (χ4v) is 1.11. The van der Waals surface area contributed by atoms with Crippen LogP contribution in [0.15, 0.2) is 4.99 Å². The Hall–Kier alpha value is -0.330. The zero-order valence-electron chi connectivity index (χ0n) is 7.97. The van der Waals surface area contributed by atoms with Gasteiger partial charge in [-0.2, -0.15) is 0 Å². The van der Waals surface area contributed by atoms with Crippen LogP contribution in [0, 0.1) is 0 Å². The molecule has 0 spiro atoms. The second kappa shape index (κ2) is 9.67. The van der Waals surface area contributed by atoms with Gasteiger partial charge < -0.3 is 0 Å². The van der Waals surface area contributed by atoms with Crippen LogP contribution in [0.25, 0.3) is 0 Å². The summed E-state index contributed by atoms with van der Waals surface area (Å²) in [7, 11) is 0. The third kappa shape index (κ3) is 9.67. The van der Waals surface area contributed by atoms with Crippen LogP contribution in [0.3, 0.4) is 0 Å². The molecule has 0 radical (unpaired) electrons. The van der Waals surface area contributed by atoms with Crippen molar-refractivity contribution in [3.8, 4) is 0 Å². The minimum absolute atomic E-state index is 1.03. The minimum Gasteiger partial charge on any atom is -0.298 e. The van der Waals surface area contributed by atoms with Crippen LogP contribution >= 0.6 is 0 Å². The Labute approximate surface area is 70.9 Å². The first kappa shape index (κ1) is 10.7. The van der Waals surface area contributed by atoms with Crippen molar-refractivity contribution >= 4 is 6.21 Å². The molecule has 0 saturated heterocycles. The first-order valence-electron chi connectivity index (χ1n) is 4.86. The predicted molar refractivity (Wildman–Crippen MR) is 52.4 cm³/mol. The summed E-state index contributed by atoms with van der Waals surface area (Å²) in [6.07, 6.45) is 10.1. The molecule has 0 aliphatic heterocycles. The fourth-order valence-electron chi connectivity index (χ4n) is 1.11. The number of nitrogens with zero attached hydrogens (tertiary/aromatic N) is 1. The van der Waals surface area contributed by atoms with Crippen LogP contribution in [-0.2, 0) is 0 Å². The number of hydrogen-bond donors (Lipinski definition) is 0. The quantitative estimate of drug-likeness (QED) is 0.394. The summed E-state index contributed by atoms with van der Waals surface area (Å²) < 4.78 is 0. The lowest BCUT2D eigenvalue weighted by atomic mass is 10.1. The number of rotatable bonds is 7. The van der Waals surface area contributed by atoms with E-state index in [0.29, 0.717) is 0 Å². The first-order valence-corrected chi connectivity index (χ1v) is 4.86. The zero-order chi connectivity index (χ0) is 8.36. The highest BCUT2D eigenvalue weighted by Crippen LogP contribution is 2.04. The first-order chi connectivity index (χ1) is 5.41. The predicted octanol–water partition coefficient (Wildman–Crippen LogP) is 3.44. The smallest absolute Gasteiger partial charge is 0.0385 e. The monoisotopic (exact) mass is 155 g/mol. The molecule has 0 unspecified atom stereocenters. The molecule has 1 heteroatoms. The van der Waals surface area contributed by atoms with E-state index in [1.165, 1.54) is 38.5 Å². The van der Waals surface area contributed by atoms with Crippen LogP contribution < -0.4 is 0 Å². The lowest BCUT2D eigenvalue weighted by Crippen LogP contribution is -1.82. The summed E-state index contributed by atoms with van der Waals surface area (Å²) in [5, 5.41) is 0. The maximum absolute atomic E-state index is 4.16. The van der Waals surface area contributed by atoms with Crippen LogP contribution in [-0.4, -0.2) is 12.8 Å². The standard InChI is InChI=1S/C10H21N/c1-3-5-6-7-8-9-10-11-4-2/h4H,3,5-10H2,1-2H3/b11-4+. The van der Waals surface area contributed by atoms with Crippen molar-refractivity contribution in [2.75, 3.05) is 6.54 Å². The second-order valence-corrected chi connectivity index (χ2v) is 2.93. The van der Waals surface area contributed by atoms with Gasteiger partial charge in [-0.05, 0) is 19.6 Å². The van der Waals surface area contributed by atoms with Gasteiger partial charge in [-0.1, -0.05) is 39.0 Å². The number of unbranched alkanes of at least 4 members (excludes halogenated alkanes) is 5. The normalized spacial score (nSPS) is 11.1. The van der Waals surface area contributed by atoms with E-state index in [1.807, 2.05) is 13.1 Å². The zero-order valence-corrected chi connectivity index (χ0v) is 7.97. The molecule has 0 saturated carbocycles. The Balaban J connectivity index is 2.79. The highest BCUT2D eigenvalue weighted by Gasteiger charge is 1.87. The minimum atomic E-state index is 1.03. The highest BCUT2D eigenvalue weighted by atomic mass is 14.7. The van der Waals surface area contributed by atoms with Crippen molar-refractivity contribution in [1.29, 1.82) is 0 Å². The van der Waals surface area contributed by atoms with Crippen molar-refractivity contribution in [1.82, 2.24) is 0 Å². The van der Waals surface area contributed by atoms with E-state index in [-0.39, 0.29) is 0 Å². The van der Waals surface area contributed by atoms with Gasteiger partial charge in [0.1, 0.15) is 0 Å². The maximum Gasteiger partial charge on any atom is 0.0385 e. The molecule has 0 aromatic carbocycles. The third-order valence-corrected chi connectivity index (χ3v) is 1.82. The summed E-state index contributed by atoms with van der Waals surface area (Å²) >= 11 is 0. The topological polar surface area (TPSA) is 12.4 Å². The molecule has 66 valence electrons. The highest BCUT2D eigenvalue weighted by molar-refractivity contribution is 5.53. The largest absolute Gasteiger partial charge is 0.298 e. The Morgan fingerprint density at radius 1 is 1.00 bits per heavy atom. The maximum atomic E-state index is 4.16. The van der Waals surface area contributed by atoms with E-state index >= 15 is 0 Å². The molecule has 0 fully saturated rings. The average Bonchev–Trinajstić information content (AvgIpc) is 2.03. The molecule has 0 N–H and O–H groups in total. The van der Waals surface area contributed by atoms with Crippen LogP contribution in [0.5, 0.6) is 0 Å². The Morgan fingerprint density at radius 3 is 2.27 bits per heavy atom. The molecule has 0 aromatic rings. The Kier molecular flexibility index (Phi) is 9.38. The van der Waals surface area contributed by atoms with Gasteiger partial charge in [0.25, 0.3) is 0 Å². The van der Waals surface area contributed by atoms with Gasteiger partial charge in [0, 0.05) is 6.54 Å². The number of aliphatic imine (C=N–C) groups is 1. The lowest BCUT2D eigenvalue weighted by Gasteiger charge is -1.96. The van der Waals surface area contributed by atoms with E-state index in [2.05, 4.69) is 11.9 Å². The average molecular weight is 155 g/mol. The Morgan fingerprint density at radius 2 is 1.64 bits per heavy atom. The summed E-state index contributed by atoms with van der Waals surface area (Å²) in [6, 6.07) is 0. The summed E-state index contributed by atoms with van der Waals surface area (Å²) in [4.78, 5) is 4.16. The Bertz CT molecular complexity index is 86.9. The van der Waals surface area contributed by atoms with Gasteiger partial charge in [0.15, 0.2) is 0 Å². The van der Waals surface area contributed by atoms with Crippen molar-refractivity contribution in [3.05, 3.63) is 0 Å². The summed E-state index contributed by atoms with van der Waals surface area (Å²) in [6.45, 7) is 5.26. The molecule has 0 rings (SSSR count). The van der Waals surface area contributed by atoms with E-state index in [0.717, 1.165) is 6.54 Å². The van der Waals surface area contributed by atoms with E-state index in [4.69, 9.17) is 0 Å². The molecule has 0 aliphatic carbocycles. The molecule has 1 nitrogen and oxygen atoms in total. The third-order valence-electron chi connectivity index (χ3n) is 1.82. The molecule has 0 atom stereocenters. The van der Waals surface area contributed by atoms with Gasteiger partial charge in [-0.3, -0.25) is 4.99 Å². The van der Waals surface area contributed by atoms with Gasteiger partial charge in [-0.15, -0.1) is 0 Å². The van der Waals surface area contributed by atoms with Crippen LogP contribution in [0.2, 0.25) is 0 Å². The van der Waals surface area contributed by atoms with Crippen molar-refractivity contribution in [2.45, 2.75) is 52.4 Å². The van der Waals surface area contributed by atoms with Gasteiger partial charge in [0.2, 0.25) is 0 Å². The van der Waals surface area contributed by atoms with Gasteiger partial charge in [0.05, 0.1) is 0 Å². The van der Waals surface area contributed by atoms with Crippen LogP contribution in [0.4, 0.5) is 0 Å². The lowest BCUT2D eigenvalue weighted by molar-refractivity contribution is 0.612. The summed E-state index contributed by atoms with van der Waals surface area (Å²) in [5.41, 5.74) is 0. The van der Waals surface area contributed by atoms with E-state index in [9.17, 15) is 0 Å². The van der Waals surface area contributed by atoms with Gasteiger partial charge >= 0.3 is 0 Å². The molecular weight excluding hydrogens is 134 g/mol. The molecular formula is C10H21N. The van der Waals surface area contributed by atoms with Crippen molar-refractivity contribution in [3.63, 3.8) is 0 Å². The molecule has 0 aromatic heterocycles. The molecule has 0 amide bonds. The van der Waals surface area contributed by atoms with Crippen molar-refractivity contribution < 1.29 is 0 Å². The van der Waals surface area contributed by atoms with Crippen molar-refractivity contribution in [2.24, 2.45) is 4.99 Å². The SMILES string of the molecule is C/C=N/CCCCCCCC. The van der Waals surface area contributed by atoms with Crippen LogP contribution in [0.1, 0.15) is 52.4 Å². The van der Waals surface area contributed by atoms with E-state index < -0.39 is 0 Å².